The van der Waals surface area contributed by atoms with Gasteiger partial charge in [0.1, 0.15) is 6.07 Å². The molecule has 1 N–H and O–H groups in total. The fraction of sp³-hybridized carbons (Fsp3) is 0.250. The third-order valence-electron chi connectivity index (χ3n) is 1.51. The second-order valence-electron chi connectivity index (χ2n) is 2.22. The number of thioether (sulfide) groups is 2. The Hall–Kier alpha value is -0.860. The van der Waals surface area contributed by atoms with Crippen molar-refractivity contribution in [2.45, 2.75) is 9.92 Å². The van der Waals surface area contributed by atoms with Crippen LogP contribution in [0.1, 0.15) is 5.56 Å². The minimum atomic E-state index is -0.160. The molecule has 0 atom stereocenters. The summed E-state index contributed by atoms with van der Waals surface area (Å²) in [6, 6.07) is 3.53. The van der Waals surface area contributed by atoms with Crippen molar-refractivity contribution in [1.82, 2.24) is 4.98 Å². The van der Waals surface area contributed by atoms with E-state index in [2.05, 4.69) is 11.1 Å². The van der Waals surface area contributed by atoms with E-state index >= 15 is 0 Å². The Morgan fingerprint density at radius 3 is 2.62 bits per heavy atom. The van der Waals surface area contributed by atoms with Crippen LogP contribution in [-0.4, -0.2) is 17.5 Å². The van der Waals surface area contributed by atoms with Gasteiger partial charge in [-0.2, -0.15) is 5.26 Å². The molecule has 0 fully saturated rings. The smallest absolute Gasteiger partial charge is 0.249 e. The van der Waals surface area contributed by atoms with Crippen molar-refractivity contribution in [2.75, 3.05) is 12.5 Å². The van der Waals surface area contributed by atoms with Crippen molar-refractivity contribution in [3.05, 3.63) is 22.0 Å². The predicted molar refractivity (Wildman–Crippen MR) is 55.3 cm³/mol. The van der Waals surface area contributed by atoms with E-state index in [9.17, 15) is 4.79 Å². The summed E-state index contributed by atoms with van der Waals surface area (Å²) in [6.07, 6.45) is 3.68. The fourth-order valence-corrected chi connectivity index (χ4v) is 2.14. The molecular weight excluding hydrogens is 204 g/mol. The molecule has 0 aliphatic heterocycles. The maximum absolute atomic E-state index is 11.1. The number of hydrogen-bond acceptors (Lipinski definition) is 4. The number of hydrogen-bond donors (Lipinski definition) is 1. The first-order chi connectivity index (χ1) is 6.22. The average Bonchev–Trinajstić information content (AvgIpc) is 2.16. The summed E-state index contributed by atoms with van der Waals surface area (Å²) in [7, 11) is 0. The highest BCUT2D eigenvalue weighted by Crippen LogP contribution is 2.24. The zero-order valence-electron chi connectivity index (χ0n) is 7.25. The molecule has 0 spiro atoms. The van der Waals surface area contributed by atoms with Gasteiger partial charge in [-0.25, -0.2) is 0 Å². The Bertz CT molecular complexity index is 377. The molecule has 0 saturated carbocycles. The minimum absolute atomic E-state index is 0.160. The van der Waals surface area contributed by atoms with Crippen molar-refractivity contribution in [3.63, 3.8) is 0 Å². The van der Waals surface area contributed by atoms with Gasteiger partial charge in [-0.3, -0.25) is 4.79 Å². The van der Waals surface area contributed by atoms with Crippen LogP contribution in [0.15, 0.2) is 20.8 Å². The molecule has 0 aliphatic rings. The number of rotatable bonds is 2. The second kappa shape index (κ2) is 4.40. The van der Waals surface area contributed by atoms with E-state index in [4.69, 9.17) is 5.26 Å². The number of nitrogens with zero attached hydrogens (tertiary/aromatic N) is 1. The van der Waals surface area contributed by atoms with Crippen LogP contribution in [0.25, 0.3) is 0 Å². The highest BCUT2D eigenvalue weighted by Gasteiger charge is 2.08. The molecule has 0 amide bonds. The molecule has 68 valence electrons. The zero-order valence-corrected chi connectivity index (χ0v) is 8.88. The molecule has 0 bridgehead atoms. The van der Waals surface area contributed by atoms with Gasteiger partial charge >= 0.3 is 0 Å². The van der Waals surface area contributed by atoms with Gasteiger partial charge in [0.2, 0.25) is 5.56 Å². The summed E-state index contributed by atoms with van der Waals surface area (Å²) < 4.78 is 0. The maximum Gasteiger partial charge on any atom is 0.249 e. The molecule has 0 radical (unpaired) electrons. The van der Waals surface area contributed by atoms with E-state index in [0.717, 1.165) is 4.90 Å². The molecule has 5 heteroatoms. The van der Waals surface area contributed by atoms with Crippen molar-refractivity contribution in [1.29, 1.82) is 5.26 Å². The van der Waals surface area contributed by atoms with Gasteiger partial charge in [-0.05, 0) is 12.5 Å². The third-order valence-corrected chi connectivity index (χ3v) is 2.98. The van der Waals surface area contributed by atoms with E-state index in [-0.39, 0.29) is 5.56 Å². The zero-order chi connectivity index (χ0) is 9.84. The van der Waals surface area contributed by atoms with Gasteiger partial charge in [0.25, 0.3) is 0 Å². The normalized spacial score (nSPS) is 9.62. The van der Waals surface area contributed by atoms with Crippen molar-refractivity contribution in [3.8, 4) is 6.07 Å². The van der Waals surface area contributed by atoms with Gasteiger partial charge in [0.15, 0.2) is 0 Å². The number of H-pyrrole nitrogens is 1. The Kier molecular flexibility index (Phi) is 3.46. The van der Waals surface area contributed by atoms with Crippen LogP contribution in [0, 0.1) is 11.3 Å². The molecule has 0 saturated heterocycles. The van der Waals surface area contributed by atoms with Crippen LogP contribution < -0.4 is 5.56 Å². The molecule has 13 heavy (non-hydrogen) atoms. The first-order valence-corrected chi connectivity index (χ1v) is 5.93. The molecular formula is C8H8N2OS2. The van der Waals surface area contributed by atoms with Gasteiger partial charge < -0.3 is 4.98 Å². The minimum Gasteiger partial charge on any atom is -0.316 e. The van der Waals surface area contributed by atoms with Crippen LogP contribution in [-0.2, 0) is 0 Å². The van der Waals surface area contributed by atoms with Crippen molar-refractivity contribution in [2.24, 2.45) is 0 Å². The lowest BCUT2D eigenvalue weighted by molar-refractivity contribution is 1.02. The van der Waals surface area contributed by atoms with E-state index in [1.54, 1.807) is 0 Å². The fourth-order valence-electron chi connectivity index (χ4n) is 0.934. The topological polar surface area (TPSA) is 56.6 Å². The van der Waals surface area contributed by atoms with E-state index in [1.165, 1.54) is 29.6 Å². The summed E-state index contributed by atoms with van der Waals surface area (Å²) >= 11 is 2.78. The predicted octanol–water partition coefficient (Wildman–Crippen LogP) is 1.69. The summed E-state index contributed by atoms with van der Waals surface area (Å²) in [5.41, 5.74) is 0.396. The Morgan fingerprint density at radius 2 is 2.15 bits per heavy atom. The third kappa shape index (κ3) is 2.08. The first kappa shape index (κ1) is 10.2. The van der Waals surface area contributed by atoms with Crippen LogP contribution in [0.4, 0.5) is 0 Å². The van der Waals surface area contributed by atoms with Gasteiger partial charge in [-0.15, -0.1) is 23.5 Å². The maximum atomic E-state index is 11.1. The highest BCUT2D eigenvalue weighted by molar-refractivity contribution is 7.99. The van der Waals surface area contributed by atoms with Crippen LogP contribution in [0.5, 0.6) is 0 Å². The number of aromatic nitrogens is 1. The summed E-state index contributed by atoms with van der Waals surface area (Å²) in [5, 5.41) is 9.49. The van der Waals surface area contributed by atoms with E-state index in [0.29, 0.717) is 10.6 Å². The molecule has 1 aromatic rings. The van der Waals surface area contributed by atoms with Gasteiger partial charge in [-0.1, -0.05) is 0 Å². The molecule has 1 rings (SSSR count). The van der Waals surface area contributed by atoms with E-state index < -0.39 is 0 Å². The van der Waals surface area contributed by atoms with Crippen molar-refractivity contribution >= 4 is 23.5 Å². The van der Waals surface area contributed by atoms with Gasteiger partial charge in [0.05, 0.1) is 10.6 Å². The number of pyridine rings is 1. The lowest BCUT2D eigenvalue weighted by Gasteiger charge is -2.03. The molecule has 1 aromatic heterocycles. The van der Waals surface area contributed by atoms with E-state index in [1.807, 2.05) is 12.5 Å². The summed E-state index contributed by atoms with van der Waals surface area (Å²) in [5.74, 6) is 0. The number of nitriles is 1. The largest absolute Gasteiger partial charge is 0.316 e. The Morgan fingerprint density at radius 1 is 1.46 bits per heavy atom. The summed E-state index contributed by atoms with van der Waals surface area (Å²) in [6.45, 7) is 0. The molecule has 0 aliphatic carbocycles. The number of nitrogens with one attached hydrogen (secondary N) is 1. The molecule has 0 unspecified atom stereocenters. The standard InChI is InChI=1S/C8H8N2OS2/c1-12-6-3-7(11)10-8(13-2)5(6)4-9/h3H,1-2H3,(H,10,11). The van der Waals surface area contributed by atoms with Crippen LogP contribution in [0.2, 0.25) is 0 Å². The second-order valence-corrected chi connectivity index (χ2v) is 3.89. The van der Waals surface area contributed by atoms with Crippen LogP contribution >= 0.6 is 23.5 Å². The quantitative estimate of drug-likeness (QED) is 0.758. The molecule has 0 aromatic carbocycles. The lowest BCUT2D eigenvalue weighted by atomic mass is 10.3. The average molecular weight is 212 g/mol. The lowest BCUT2D eigenvalue weighted by Crippen LogP contribution is -2.07. The van der Waals surface area contributed by atoms with Crippen LogP contribution in [0.3, 0.4) is 0 Å². The van der Waals surface area contributed by atoms with Gasteiger partial charge in [0, 0.05) is 11.0 Å². The number of aromatic amines is 1. The monoisotopic (exact) mass is 212 g/mol. The summed E-state index contributed by atoms with van der Waals surface area (Å²) in [4.78, 5) is 14.5. The SMILES string of the molecule is CSc1cc(=O)[nH]c(SC)c1C#N. The first-order valence-electron chi connectivity index (χ1n) is 3.48. The van der Waals surface area contributed by atoms with Crippen molar-refractivity contribution < 1.29 is 0 Å². The Balaban J connectivity index is 3.45. The molecule has 3 nitrogen and oxygen atoms in total. The highest BCUT2D eigenvalue weighted by atomic mass is 32.2. The Labute approximate surface area is 84.5 Å². The molecule has 1 heterocycles.